The Labute approximate surface area is 55.4 Å². The zero-order valence-electron chi connectivity index (χ0n) is 5.55. The zero-order chi connectivity index (χ0) is 6.27. The average molecular weight is 127 g/mol. The Hall–Kier alpha value is -0.0800. The summed E-state index contributed by atoms with van der Waals surface area (Å²) in [6, 6.07) is 0. The molecule has 3 unspecified atom stereocenters. The molecule has 1 saturated carbocycles. The second-order valence-electron chi connectivity index (χ2n) is 3.19. The van der Waals surface area contributed by atoms with Crippen LogP contribution in [-0.2, 0) is 4.74 Å². The van der Waals surface area contributed by atoms with E-state index in [-0.39, 0.29) is 0 Å². The van der Waals surface area contributed by atoms with Gasteiger partial charge >= 0.3 is 0 Å². The van der Waals surface area contributed by atoms with Crippen molar-refractivity contribution < 1.29 is 4.74 Å². The van der Waals surface area contributed by atoms with E-state index in [2.05, 4.69) is 0 Å². The Kier molecular flexibility index (Phi) is 1.24. The van der Waals surface area contributed by atoms with E-state index in [1.165, 1.54) is 6.42 Å². The molecule has 1 aliphatic heterocycles. The molecular weight excluding hydrogens is 114 g/mol. The highest BCUT2D eigenvalue weighted by atomic mass is 16.5. The van der Waals surface area contributed by atoms with Gasteiger partial charge in [-0.3, -0.25) is 0 Å². The third-order valence-corrected chi connectivity index (χ3v) is 2.76. The highest BCUT2D eigenvalue weighted by Gasteiger charge is 2.43. The zero-order valence-corrected chi connectivity index (χ0v) is 5.55. The molecular formula is C7H13NO. The summed E-state index contributed by atoms with van der Waals surface area (Å²) >= 11 is 0. The van der Waals surface area contributed by atoms with Gasteiger partial charge in [0.25, 0.3) is 0 Å². The van der Waals surface area contributed by atoms with Crippen LogP contribution in [0.3, 0.4) is 0 Å². The summed E-state index contributed by atoms with van der Waals surface area (Å²) in [6.07, 6.45) is 1.32. The summed E-state index contributed by atoms with van der Waals surface area (Å²) in [5.74, 6) is 2.49. The molecule has 2 N–H and O–H groups in total. The molecule has 2 rings (SSSR count). The van der Waals surface area contributed by atoms with Crippen molar-refractivity contribution >= 4 is 0 Å². The Bertz CT molecular complexity index is 115. The first-order valence-electron chi connectivity index (χ1n) is 3.69. The molecule has 1 saturated heterocycles. The van der Waals surface area contributed by atoms with Gasteiger partial charge in [0.2, 0.25) is 0 Å². The molecule has 2 nitrogen and oxygen atoms in total. The molecule has 0 aromatic heterocycles. The molecule has 2 aliphatic rings. The van der Waals surface area contributed by atoms with E-state index in [0.29, 0.717) is 0 Å². The van der Waals surface area contributed by atoms with Gasteiger partial charge in [0.15, 0.2) is 0 Å². The van der Waals surface area contributed by atoms with Crippen LogP contribution in [0.4, 0.5) is 0 Å². The van der Waals surface area contributed by atoms with Gasteiger partial charge < -0.3 is 10.5 Å². The van der Waals surface area contributed by atoms with E-state index in [4.69, 9.17) is 10.5 Å². The summed E-state index contributed by atoms with van der Waals surface area (Å²) < 4.78 is 5.31. The van der Waals surface area contributed by atoms with Crippen molar-refractivity contribution in [2.45, 2.75) is 6.42 Å². The van der Waals surface area contributed by atoms with E-state index in [9.17, 15) is 0 Å². The van der Waals surface area contributed by atoms with Crippen molar-refractivity contribution in [1.82, 2.24) is 0 Å². The molecule has 9 heavy (non-hydrogen) atoms. The summed E-state index contributed by atoms with van der Waals surface area (Å²) in [6.45, 7) is 2.85. The third-order valence-electron chi connectivity index (χ3n) is 2.76. The second-order valence-corrected chi connectivity index (χ2v) is 3.19. The lowest BCUT2D eigenvalue weighted by Gasteiger charge is -2.37. The van der Waals surface area contributed by atoms with Crippen molar-refractivity contribution in [3.63, 3.8) is 0 Å². The van der Waals surface area contributed by atoms with Crippen LogP contribution in [0.15, 0.2) is 0 Å². The monoisotopic (exact) mass is 127 g/mol. The SMILES string of the molecule is NCC1CC2COCC12. The first-order valence-corrected chi connectivity index (χ1v) is 3.69. The molecule has 2 fully saturated rings. The van der Waals surface area contributed by atoms with E-state index >= 15 is 0 Å². The summed E-state index contributed by atoms with van der Waals surface area (Å²) in [5, 5.41) is 0. The van der Waals surface area contributed by atoms with Crippen LogP contribution >= 0.6 is 0 Å². The van der Waals surface area contributed by atoms with Gasteiger partial charge in [0.05, 0.1) is 6.61 Å². The minimum Gasteiger partial charge on any atom is -0.381 e. The number of rotatable bonds is 1. The summed E-state index contributed by atoms with van der Waals surface area (Å²) in [5.41, 5.74) is 5.53. The molecule has 0 amide bonds. The molecule has 1 aliphatic carbocycles. The minimum atomic E-state index is 0.789. The quantitative estimate of drug-likeness (QED) is 0.547. The van der Waals surface area contributed by atoms with E-state index in [1.807, 2.05) is 0 Å². The molecule has 0 aromatic rings. The molecule has 0 radical (unpaired) electrons. The predicted molar refractivity (Wildman–Crippen MR) is 35.0 cm³/mol. The van der Waals surface area contributed by atoms with Crippen molar-refractivity contribution in [2.24, 2.45) is 23.5 Å². The molecule has 0 spiro atoms. The fraction of sp³-hybridized carbons (Fsp3) is 1.00. The topological polar surface area (TPSA) is 35.2 Å². The second kappa shape index (κ2) is 1.96. The van der Waals surface area contributed by atoms with Crippen LogP contribution in [-0.4, -0.2) is 19.8 Å². The third kappa shape index (κ3) is 0.700. The van der Waals surface area contributed by atoms with Gasteiger partial charge in [-0.2, -0.15) is 0 Å². The number of hydrogen-bond donors (Lipinski definition) is 1. The highest BCUT2D eigenvalue weighted by Crippen LogP contribution is 2.43. The summed E-state index contributed by atoms with van der Waals surface area (Å²) in [7, 11) is 0. The molecule has 0 bridgehead atoms. The number of hydrogen-bond acceptors (Lipinski definition) is 2. The summed E-state index contributed by atoms with van der Waals surface area (Å²) in [4.78, 5) is 0. The van der Waals surface area contributed by atoms with E-state index in [1.54, 1.807) is 0 Å². The number of fused-ring (bicyclic) bond motifs is 1. The van der Waals surface area contributed by atoms with Crippen LogP contribution in [0, 0.1) is 17.8 Å². The van der Waals surface area contributed by atoms with Crippen LogP contribution in [0.25, 0.3) is 0 Å². The average Bonchev–Trinajstić information content (AvgIpc) is 2.14. The Morgan fingerprint density at radius 3 is 3.00 bits per heavy atom. The first-order chi connectivity index (χ1) is 4.42. The number of nitrogens with two attached hydrogens (primary N) is 1. The Balaban J connectivity index is 1.93. The van der Waals surface area contributed by atoms with Gasteiger partial charge in [-0.25, -0.2) is 0 Å². The van der Waals surface area contributed by atoms with Crippen LogP contribution in [0.2, 0.25) is 0 Å². The maximum atomic E-state index is 5.53. The predicted octanol–water partition coefficient (Wildman–Crippen LogP) is 0.228. The van der Waals surface area contributed by atoms with Crippen LogP contribution in [0.1, 0.15) is 6.42 Å². The lowest BCUT2D eigenvalue weighted by atomic mass is 9.67. The molecule has 1 heterocycles. The van der Waals surface area contributed by atoms with Crippen molar-refractivity contribution in [2.75, 3.05) is 19.8 Å². The van der Waals surface area contributed by atoms with Crippen LogP contribution in [0.5, 0.6) is 0 Å². The Morgan fingerprint density at radius 1 is 1.44 bits per heavy atom. The lowest BCUT2D eigenvalue weighted by molar-refractivity contribution is 0.128. The first kappa shape index (κ1) is 5.69. The van der Waals surface area contributed by atoms with Crippen molar-refractivity contribution in [3.8, 4) is 0 Å². The van der Waals surface area contributed by atoms with Gasteiger partial charge in [-0.05, 0) is 30.7 Å². The smallest absolute Gasteiger partial charge is 0.0501 e. The van der Waals surface area contributed by atoms with Crippen molar-refractivity contribution in [1.29, 1.82) is 0 Å². The standard InChI is InChI=1S/C7H13NO/c8-2-5-1-6-3-9-4-7(5)6/h5-7H,1-4,8H2. The normalized spacial score (nSPS) is 48.3. The van der Waals surface area contributed by atoms with Crippen molar-refractivity contribution in [3.05, 3.63) is 0 Å². The fourth-order valence-electron chi connectivity index (χ4n) is 2.02. The fourth-order valence-corrected chi connectivity index (χ4v) is 2.02. The molecule has 0 aromatic carbocycles. The highest BCUT2D eigenvalue weighted by molar-refractivity contribution is 4.92. The largest absolute Gasteiger partial charge is 0.381 e. The molecule has 52 valence electrons. The van der Waals surface area contributed by atoms with Gasteiger partial charge in [0.1, 0.15) is 0 Å². The van der Waals surface area contributed by atoms with Gasteiger partial charge in [0, 0.05) is 6.61 Å². The van der Waals surface area contributed by atoms with E-state index < -0.39 is 0 Å². The van der Waals surface area contributed by atoms with Gasteiger partial charge in [-0.1, -0.05) is 0 Å². The number of ether oxygens (including phenoxy) is 1. The lowest BCUT2D eigenvalue weighted by Crippen LogP contribution is -2.39. The van der Waals surface area contributed by atoms with Gasteiger partial charge in [-0.15, -0.1) is 0 Å². The van der Waals surface area contributed by atoms with Crippen LogP contribution < -0.4 is 5.73 Å². The molecule has 3 atom stereocenters. The Morgan fingerprint density at radius 2 is 2.33 bits per heavy atom. The maximum absolute atomic E-state index is 5.53. The maximum Gasteiger partial charge on any atom is 0.0501 e. The van der Waals surface area contributed by atoms with E-state index in [0.717, 1.165) is 37.5 Å². The molecule has 2 heteroatoms. The minimum absolute atomic E-state index is 0.789.